The van der Waals surface area contributed by atoms with Crippen LogP contribution in [0.15, 0.2) is 0 Å². The smallest absolute Gasteiger partial charge is 0.326 e. The van der Waals surface area contributed by atoms with Gasteiger partial charge in [-0.05, 0) is 25.2 Å². The first-order chi connectivity index (χ1) is 8.97. The van der Waals surface area contributed by atoms with E-state index < -0.39 is 12.0 Å². The molecule has 0 aromatic heterocycles. The number of hydrogen-bond acceptors (Lipinski definition) is 3. The SMILES string of the molecule is CC(C)[C@H](NC(=O)NC1CCN(C2CC2)C1)C(=O)O. The second-order valence-corrected chi connectivity index (χ2v) is 5.89. The number of amides is 2. The van der Waals surface area contributed by atoms with Crippen LogP contribution >= 0.6 is 0 Å². The highest BCUT2D eigenvalue weighted by atomic mass is 16.4. The van der Waals surface area contributed by atoms with Crippen molar-refractivity contribution in [3.8, 4) is 0 Å². The fourth-order valence-electron chi connectivity index (χ4n) is 2.56. The summed E-state index contributed by atoms with van der Waals surface area (Å²) in [6, 6.07) is -0.343. The third kappa shape index (κ3) is 3.83. The number of carbonyl (C=O) groups is 2. The van der Waals surface area contributed by atoms with Crippen molar-refractivity contribution in [1.82, 2.24) is 15.5 Å². The van der Waals surface area contributed by atoms with Crippen molar-refractivity contribution in [1.29, 1.82) is 0 Å². The molecule has 19 heavy (non-hydrogen) atoms. The molecular formula is C13H23N3O3. The van der Waals surface area contributed by atoms with Gasteiger partial charge in [0.05, 0.1) is 0 Å². The highest BCUT2D eigenvalue weighted by molar-refractivity contribution is 5.82. The molecule has 1 heterocycles. The number of urea groups is 1. The van der Waals surface area contributed by atoms with E-state index in [2.05, 4.69) is 15.5 Å². The van der Waals surface area contributed by atoms with Crippen molar-refractivity contribution in [2.45, 2.75) is 51.2 Å². The molecule has 6 nitrogen and oxygen atoms in total. The first kappa shape index (κ1) is 14.1. The van der Waals surface area contributed by atoms with Crippen LogP contribution in [0.1, 0.15) is 33.1 Å². The van der Waals surface area contributed by atoms with Gasteiger partial charge in [0, 0.05) is 25.2 Å². The van der Waals surface area contributed by atoms with E-state index in [9.17, 15) is 9.59 Å². The summed E-state index contributed by atoms with van der Waals surface area (Å²) in [5, 5.41) is 14.4. The van der Waals surface area contributed by atoms with E-state index in [1.54, 1.807) is 13.8 Å². The van der Waals surface area contributed by atoms with Crippen LogP contribution in [0.4, 0.5) is 4.79 Å². The van der Waals surface area contributed by atoms with Crippen LogP contribution in [-0.4, -0.2) is 53.2 Å². The number of nitrogens with one attached hydrogen (secondary N) is 2. The maximum Gasteiger partial charge on any atom is 0.326 e. The number of hydrogen-bond donors (Lipinski definition) is 3. The molecule has 2 amide bonds. The number of carbonyl (C=O) groups excluding carboxylic acids is 1. The van der Waals surface area contributed by atoms with E-state index >= 15 is 0 Å². The Balaban J connectivity index is 1.76. The second-order valence-electron chi connectivity index (χ2n) is 5.89. The predicted molar refractivity (Wildman–Crippen MR) is 70.9 cm³/mol. The molecule has 0 aromatic rings. The lowest BCUT2D eigenvalue weighted by Gasteiger charge is -2.20. The van der Waals surface area contributed by atoms with E-state index in [0.717, 1.165) is 25.6 Å². The molecule has 2 atom stereocenters. The zero-order chi connectivity index (χ0) is 14.0. The van der Waals surface area contributed by atoms with Crippen LogP contribution in [0.5, 0.6) is 0 Å². The molecule has 0 bridgehead atoms. The molecular weight excluding hydrogens is 246 g/mol. The molecule has 0 radical (unpaired) electrons. The Morgan fingerprint density at radius 1 is 1.26 bits per heavy atom. The van der Waals surface area contributed by atoms with Gasteiger partial charge >= 0.3 is 12.0 Å². The lowest BCUT2D eigenvalue weighted by Crippen LogP contribution is -2.51. The van der Waals surface area contributed by atoms with Crippen LogP contribution in [0.25, 0.3) is 0 Å². The highest BCUT2D eigenvalue weighted by Gasteiger charge is 2.35. The van der Waals surface area contributed by atoms with Gasteiger partial charge in [-0.3, -0.25) is 4.90 Å². The molecule has 1 unspecified atom stereocenters. The number of carboxylic acids is 1. The Morgan fingerprint density at radius 3 is 2.47 bits per heavy atom. The van der Waals surface area contributed by atoms with Crippen molar-refractivity contribution in [3.63, 3.8) is 0 Å². The van der Waals surface area contributed by atoms with Crippen LogP contribution in [0, 0.1) is 5.92 Å². The van der Waals surface area contributed by atoms with E-state index in [0.29, 0.717) is 0 Å². The first-order valence-corrected chi connectivity index (χ1v) is 7.01. The largest absolute Gasteiger partial charge is 0.480 e. The zero-order valence-electron chi connectivity index (χ0n) is 11.6. The summed E-state index contributed by atoms with van der Waals surface area (Å²) < 4.78 is 0. The van der Waals surface area contributed by atoms with Crippen LogP contribution in [0.2, 0.25) is 0 Å². The van der Waals surface area contributed by atoms with E-state index in [1.165, 1.54) is 12.8 Å². The topological polar surface area (TPSA) is 81.7 Å². The summed E-state index contributed by atoms with van der Waals surface area (Å²) in [5.74, 6) is -1.12. The zero-order valence-corrected chi connectivity index (χ0v) is 11.6. The Hall–Kier alpha value is -1.30. The standard InChI is InChI=1S/C13H23N3O3/c1-8(2)11(12(17)18)15-13(19)14-9-5-6-16(7-9)10-3-4-10/h8-11H,3-7H2,1-2H3,(H,17,18)(H2,14,15,19)/t9?,11-/m0/s1. The number of aliphatic carboxylic acids is 1. The predicted octanol–water partition coefficient (Wildman–Crippen LogP) is 0.631. The van der Waals surface area contributed by atoms with E-state index in [4.69, 9.17) is 5.11 Å². The molecule has 1 aliphatic heterocycles. The van der Waals surface area contributed by atoms with Gasteiger partial charge < -0.3 is 15.7 Å². The number of nitrogens with zero attached hydrogens (tertiary/aromatic N) is 1. The molecule has 1 saturated heterocycles. The fourth-order valence-corrected chi connectivity index (χ4v) is 2.56. The van der Waals surface area contributed by atoms with E-state index in [-0.39, 0.29) is 18.0 Å². The molecule has 0 aromatic carbocycles. The summed E-state index contributed by atoms with van der Waals surface area (Å²) in [6.45, 7) is 5.48. The van der Waals surface area contributed by atoms with Crippen molar-refractivity contribution < 1.29 is 14.7 Å². The van der Waals surface area contributed by atoms with Gasteiger partial charge in [-0.1, -0.05) is 13.8 Å². The molecule has 108 valence electrons. The molecule has 2 aliphatic rings. The van der Waals surface area contributed by atoms with Crippen LogP contribution in [0.3, 0.4) is 0 Å². The van der Waals surface area contributed by atoms with Crippen molar-refractivity contribution in [2.24, 2.45) is 5.92 Å². The van der Waals surface area contributed by atoms with Gasteiger partial charge in [-0.2, -0.15) is 0 Å². The third-order valence-electron chi connectivity index (χ3n) is 3.84. The van der Waals surface area contributed by atoms with Gasteiger partial charge in [0.25, 0.3) is 0 Å². The molecule has 1 aliphatic carbocycles. The molecule has 0 spiro atoms. The highest BCUT2D eigenvalue weighted by Crippen LogP contribution is 2.29. The summed E-state index contributed by atoms with van der Waals surface area (Å²) >= 11 is 0. The molecule has 2 fully saturated rings. The Bertz CT molecular complexity index is 355. The summed E-state index contributed by atoms with van der Waals surface area (Å²) in [5.41, 5.74) is 0. The lowest BCUT2D eigenvalue weighted by atomic mass is 10.1. The summed E-state index contributed by atoms with van der Waals surface area (Å²) in [6.07, 6.45) is 3.49. The molecule has 6 heteroatoms. The fraction of sp³-hybridized carbons (Fsp3) is 0.846. The lowest BCUT2D eigenvalue weighted by molar-refractivity contribution is -0.140. The van der Waals surface area contributed by atoms with E-state index in [1.807, 2.05) is 0 Å². The quantitative estimate of drug-likeness (QED) is 0.684. The molecule has 2 rings (SSSR count). The summed E-state index contributed by atoms with van der Waals surface area (Å²) in [7, 11) is 0. The van der Waals surface area contributed by atoms with Crippen molar-refractivity contribution in [2.75, 3.05) is 13.1 Å². The Kier molecular flexibility index (Phi) is 4.29. The van der Waals surface area contributed by atoms with Gasteiger partial charge in [0.2, 0.25) is 0 Å². The first-order valence-electron chi connectivity index (χ1n) is 7.01. The van der Waals surface area contributed by atoms with Crippen LogP contribution < -0.4 is 10.6 Å². The number of rotatable bonds is 5. The second kappa shape index (κ2) is 5.77. The minimum absolute atomic E-state index is 0.130. The average Bonchev–Trinajstić information content (AvgIpc) is 3.07. The number of carboxylic acid groups (broad SMARTS) is 1. The van der Waals surface area contributed by atoms with Gasteiger partial charge in [0.15, 0.2) is 0 Å². The van der Waals surface area contributed by atoms with Gasteiger partial charge in [0.1, 0.15) is 6.04 Å². The average molecular weight is 269 g/mol. The monoisotopic (exact) mass is 269 g/mol. The summed E-state index contributed by atoms with van der Waals surface area (Å²) in [4.78, 5) is 25.2. The maximum atomic E-state index is 11.8. The minimum atomic E-state index is -0.990. The van der Waals surface area contributed by atoms with Crippen LogP contribution in [-0.2, 0) is 4.79 Å². The third-order valence-corrected chi connectivity index (χ3v) is 3.84. The molecule has 1 saturated carbocycles. The van der Waals surface area contributed by atoms with Gasteiger partial charge in [-0.15, -0.1) is 0 Å². The Labute approximate surface area is 113 Å². The Morgan fingerprint density at radius 2 is 1.95 bits per heavy atom. The molecule has 3 N–H and O–H groups in total. The number of likely N-dealkylation sites (tertiary alicyclic amines) is 1. The minimum Gasteiger partial charge on any atom is -0.480 e. The maximum absolute atomic E-state index is 11.8. The normalized spacial score (nSPS) is 25.3. The van der Waals surface area contributed by atoms with Crippen molar-refractivity contribution >= 4 is 12.0 Å². The van der Waals surface area contributed by atoms with Crippen molar-refractivity contribution in [3.05, 3.63) is 0 Å². The van der Waals surface area contributed by atoms with Gasteiger partial charge in [-0.25, -0.2) is 9.59 Å².